The molecule has 158 valence electrons. The molecule has 1 saturated heterocycles. The molecule has 4 aromatic rings. The number of aryl methyl sites for hydroxylation is 1. The highest BCUT2D eigenvalue weighted by molar-refractivity contribution is 7.22. The molecule has 7 nitrogen and oxygen atoms in total. The van der Waals surface area contributed by atoms with Gasteiger partial charge in [-0.3, -0.25) is 0 Å². The Kier molecular flexibility index (Phi) is 5.03. The Labute approximate surface area is 183 Å². The quantitative estimate of drug-likeness (QED) is 0.497. The van der Waals surface area contributed by atoms with Crippen molar-refractivity contribution in [2.45, 2.75) is 6.92 Å². The van der Waals surface area contributed by atoms with Crippen LogP contribution in [0, 0.1) is 12.7 Å². The predicted octanol–water partition coefficient (Wildman–Crippen LogP) is 4.19. The van der Waals surface area contributed by atoms with E-state index in [2.05, 4.69) is 49.1 Å². The van der Waals surface area contributed by atoms with Gasteiger partial charge in [0.25, 0.3) is 0 Å². The maximum Gasteiger partial charge on any atom is 0.189 e. The van der Waals surface area contributed by atoms with Crippen molar-refractivity contribution in [1.29, 1.82) is 0 Å². The number of hydrogen-bond donors (Lipinski definition) is 2. The second-order valence-corrected chi connectivity index (χ2v) is 8.56. The summed E-state index contributed by atoms with van der Waals surface area (Å²) >= 11 is 1.57. The fraction of sp³-hybridized carbons (Fsp3) is 0.227. The molecular weight excluding hydrogens is 413 g/mol. The number of anilines is 5. The van der Waals surface area contributed by atoms with Gasteiger partial charge in [0.05, 0.1) is 10.2 Å². The lowest BCUT2D eigenvalue weighted by Crippen LogP contribution is -2.47. The van der Waals surface area contributed by atoms with Crippen molar-refractivity contribution >= 4 is 49.7 Å². The van der Waals surface area contributed by atoms with E-state index in [-0.39, 0.29) is 5.82 Å². The first-order chi connectivity index (χ1) is 15.1. The molecule has 0 amide bonds. The minimum atomic E-state index is -0.223. The van der Waals surface area contributed by atoms with Gasteiger partial charge >= 0.3 is 0 Å². The van der Waals surface area contributed by atoms with E-state index in [0.29, 0.717) is 17.3 Å². The summed E-state index contributed by atoms with van der Waals surface area (Å²) in [5.41, 5.74) is 10.1. The lowest BCUT2D eigenvalue weighted by Gasteiger charge is -2.37. The summed E-state index contributed by atoms with van der Waals surface area (Å²) in [5, 5.41) is 4.01. The normalized spacial score (nSPS) is 14.3. The highest BCUT2D eigenvalue weighted by atomic mass is 32.1. The van der Waals surface area contributed by atoms with E-state index in [4.69, 9.17) is 5.73 Å². The number of halogens is 1. The zero-order chi connectivity index (χ0) is 21.4. The van der Waals surface area contributed by atoms with Gasteiger partial charge in [-0.2, -0.15) is 0 Å². The maximum absolute atomic E-state index is 13.2. The van der Waals surface area contributed by atoms with Crippen molar-refractivity contribution in [3.05, 3.63) is 60.2 Å². The van der Waals surface area contributed by atoms with Crippen LogP contribution in [-0.2, 0) is 0 Å². The van der Waals surface area contributed by atoms with Gasteiger partial charge in [-0.15, -0.1) is 0 Å². The van der Waals surface area contributed by atoms with Crippen molar-refractivity contribution in [2.24, 2.45) is 0 Å². The third-order valence-corrected chi connectivity index (χ3v) is 6.34. The Balaban J connectivity index is 1.32. The van der Waals surface area contributed by atoms with Crippen molar-refractivity contribution in [3.63, 3.8) is 0 Å². The molecule has 1 fully saturated rings. The van der Waals surface area contributed by atoms with Crippen LogP contribution in [0.2, 0.25) is 0 Å². The molecule has 1 aliphatic rings. The van der Waals surface area contributed by atoms with Crippen LogP contribution in [0.3, 0.4) is 0 Å². The molecule has 0 spiro atoms. The molecule has 3 heterocycles. The number of nitrogens with two attached hydrogens (primary N) is 1. The standard InChI is InChI=1S/C22H22FN7S/c1-14-2-7-17-18(12-14)31-22(27-17)28-20-19(24)21(26-13-25-20)30-10-8-29(9-11-30)16-5-3-15(23)4-6-16/h2-7,12-13H,8-11,24H2,1H3,(H,25,26,27,28). The monoisotopic (exact) mass is 435 g/mol. The first-order valence-corrected chi connectivity index (χ1v) is 10.9. The molecule has 0 saturated carbocycles. The maximum atomic E-state index is 13.2. The number of benzene rings is 2. The molecule has 0 bridgehead atoms. The summed E-state index contributed by atoms with van der Waals surface area (Å²) in [6, 6.07) is 12.8. The van der Waals surface area contributed by atoms with E-state index < -0.39 is 0 Å². The summed E-state index contributed by atoms with van der Waals surface area (Å²) in [6.07, 6.45) is 1.53. The largest absolute Gasteiger partial charge is 0.393 e. The van der Waals surface area contributed by atoms with E-state index in [9.17, 15) is 4.39 Å². The average molecular weight is 436 g/mol. The zero-order valence-corrected chi connectivity index (χ0v) is 17.9. The van der Waals surface area contributed by atoms with E-state index >= 15 is 0 Å². The van der Waals surface area contributed by atoms with Gasteiger partial charge in [0, 0.05) is 31.9 Å². The SMILES string of the molecule is Cc1ccc2nc(Nc3ncnc(N4CCN(c5ccc(F)cc5)CC4)c3N)sc2c1. The number of rotatable bonds is 4. The van der Waals surface area contributed by atoms with E-state index in [1.165, 1.54) is 24.0 Å². The second-order valence-electron chi connectivity index (χ2n) is 7.53. The molecule has 31 heavy (non-hydrogen) atoms. The highest BCUT2D eigenvalue weighted by Crippen LogP contribution is 2.33. The van der Waals surface area contributed by atoms with Gasteiger partial charge in [0.1, 0.15) is 17.8 Å². The van der Waals surface area contributed by atoms with Crippen molar-refractivity contribution in [3.8, 4) is 0 Å². The van der Waals surface area contributed by atoms with Gasteiger partial charge < -0.3 is 20.9 Å². The first kappa shape index (κ1) is 19.5. The third-order valence-electron chi connectivity index (χ3n) is 5.40. The number of nitrogens with one attached hydrogen (secondary N) is 1. The van der Waals surface area contributed by atoms with Gasteiger partial charge in [0.15, 0.2) is 16.8 Å². The Morgan fingerprint density at radius 1 is 1.00 bits per heavy atom. The van der Waals surface area contributed by atoms with Gasteiger partial charge in [0.2, 0.25) is 0 Å². The van der Waals surface area contributed by atoms with Crippen LogP contribution >= 0.6 is 11.3 Å². The number of thiazole rings is 1. The lowest BCUT2D eigenvalue weighted by molar-refractivity contribution is 0.624. The molecule has 9 heteroatoms. The smallest absolute Gasteiger partial charge is 0.189 e. The van der Waals surface area contributed by atoms with Gasteiger partial charge in [-0.25, -0.2) is 19.3 Å². The van der Waals surface area contributed by atoms with Crippen LogP contribution in [0.15, 0.2) is 48.8 Å². The number of fused-ring (bicyclic) bond motifs is 1. The minimum absolute atomic E-state index is 0.223. The highest BCUT2D eigenvalue weighted by Gasteiger charge is 2.22. The number of hydrogen-bond acceptors (Lipinski definition) is 8. The van der Waals surface area contributed by atoms with Crippen molar-refractivity contribution < 1.29 is 4.39 Å². The summed E-state index contributed by atoms with van der Waals surface area (Å²) in [7, 11) is 0. The summed E-state index contributed by atoms with van der Waals surface area (Å²) in [4.78, 5) is 17.8. The lowest BCUT2D eigenvalue weighted by atomic mass is 10.2. The Bertz CT molecular complexity index is 1220. The molecule has 0 aliphatic carbocycles. The van der Waals surface area contributed by atoms with Crippen molar-refractivity contribution in [1.82, 2.24) is 15.0 Å². The predicted molar refractivity (Wildman–Crippen MR) is 125 cm³/mol. The van der Waals surface area contributed by atoms with Gasteiger partial charge in [-0.1, -0.05) is 17.4 Å². The van der Waals surface area contributed by atoms with Gasteiger partial charge in [-0.05, 0) is 48.9 Å². The second kappa shape index (κ2) is 7.99. The Morgan fingerprint density at radius 2 is 1.74 bits per heavy atom. The number of aromatic nitrogens is 3. The molecule has 2 aromatic carbocycles. The van der Waals surface area contributed by atoms with Crippen LogP contribution in [-0.4, -0.2) is 41.1 Å². The fourth-order valence-corrected chi connectivity index (χ4v) is 4.72. The molecule has 0 unspecified atom stereocenters. The number of nitrogens with zero attached hydrogens (tertiary/aromatic N) is 5. The Hall–Kier alpha value is -3.46. The van der Waals surface area contributed by atoms with Crippen LogP contribution in [0.5, 0.6) is 0 Å². The van der Waals surface area contributed by atoms with Crippen LogP contribution < -0.4 is 20.9 Å². The summed E-state index contributed by atoms with van der Waals surface area (Å²) in [6.45, 7) is 5.19. The summed E-state index contributed by atoms with van der Waals surface area (Å²) < 4.78 is 14.3. The molecule has 0 atom stereocenters. The molecular formula is C22H22FN7S. The van der Waals surface area contributed by atoms with Crippen molar-refractivity contribution in [2.75, 3.05) is 47.0 Å². The third kappa shape index (κ3) is 3.96. The molecule has 1 aliphatic heterocycles. The minimum Gasteiger partial charge on any atom is -0.393 e. The van der Waals surface area contributed by atoms with E-state index in [1.54, 1.807) is 11.3 Å². The topological polar surface area (TPSA) is 83.2 Å². The first-order valence-electron chi connectivity index (χ1n) is 10.1. The fourth-order valence-electron chi connectivity index (χ4n) is 3.75. The Morgan fingerprint density at radius 3 is 2.52 bits per heavy atom. The molecule has 3 N–H and O–H groups in total. The van der Waals surface area contributed by atoms with E-state index in [0.717, 1.165) is 47.2 Å². The average Bonchev–Trinajstić information content (AvgIpc) is 3.17. The molecule has 2 aromatic heterocycles. The van der Waals surface area contributed by atoms with Crippen LogP contribution in [0.25, 0.3) is 10.2 Å². The molecule has 0 radical (unpaired) electrons. The zero-order valence-electron chi connectivity index (χ0n) is 17.0. The van der Waals surface area contributed by atoms with Crippen LogP contribution in [0.4, 0.5) is 32.5 Å². The number of piperazine rings is 1. The van der Waals surface area contributed by atoms with E-state index in [1.807, 2.05) is 18.2 Å². The molecule has 5 rings (SSSR count). The summed E-state index contributed by atoms with van der Waals surface area (Å²) in [5.74, 6) is 1.05. The van der Waals surface area contributed by atoms with Crippen LogP contribution in [0.1, 0.15) is 5.56 Å². The number of nitrogen functional groups attached to an aromatic ring is 1.